The largest absolute Gasteiger partial charge is 0.310 e. The van der Waals surface area contributed by atoms with Gasteiger partial charge < -0.3 is 10.2 Å². The van der Waals surface area contributed by atoms with E-state index in [0.29, 0.717) is 11.8 Å². The Labute approximate surface area is 147 Å². The second-order valence-corrected chi connectivity index (χ2v) is 7.67. The molecule has 6 heteroatoms. The van der Waals surface area contributed by atoms with Crippen LogP contribution in [0.4, 0.5) is 5.69 Å². The lowest BCUT2D eigenvalue weighted by Gasteiger charge is -2.22. The summed E-state index contributed by atoms with van der Waals surface area (Å²) in [7, 11) is 0. The fourth-order valence-corrected chi connectivity index (χ4v) is 3.93. The Morgan fingerprint density at radius 3 is 3.04 bits per heavy atom. The molecular weight excluding hydrogens is 320 g/mol. The summed E-state index contributed by atoms with van der Waals surface area (Å²) in [5.74, 6) is 0.133. The van der Waals surface area contributed by atoms with Crippen molar-refractivity contribution in [1.82, 2.24) is 15.1 Å². The average molecular weight is 344 g/mol. The second-order valence-electron chi connectivity index (χ2n) is 6.19. The summed E-state index contributed by atoms with van der Waals surface area (Å²) >= 11 is 1.86. The third kappa shape index (κ3) is 4.19. The van der Waals surface area contributed by atoms with Gasteiger partial charge in [0.1, 0.15) is 0 Å². The van der Waals surface area contributed by atoms with E-state index in [2.05, 4.69) is 23.4 Å². The summed E-state index contributed by atoms with van der Waals surface area (Å²) in [5.41, 5.74) is 2.19. The second kappa shape index (κ2) is 7.85. The minimum Gasteiger partial charge on any atom is -0.310 e. The Morgan fingerprint density at radius 2 is 2.25 bits per heavy atom. The number of aromatic nitrogens is 2. The van der Waals surface area contributed by atoms with Crippen molar-refractivity contribution < 1.29 is 4.79 Å². The van der Waals surface area contributed by atoms with Crippen LogP contribution in [0.2, 0.25) is 0 Å². The molecule has 1 amide bonds. The molecule has 2 aromatic rings. The van der Waals surface area contributed by atoms with Gasteiger partial charge >= 0.3 is 0 Å². The maximum atomic E-state index is 12.7. The normalized spacial score (nSPS) is 17.4. The van der Waals surface area contributed by atoms with E-state index in [-0.39, 0.29) is 5.91 Å². The zero-order chi connectivity index (χ0) is 16.9. The molecule has 0 bridgehead atoms. The number of nitrogens with zero attached hydrogens (tertiary/aromatic N) is 3. The van der Waals surface area contributed by atoms with Crippen molar-refractivity contribution in [2.24, 2.45) is 0 Å². The Morgan fingerprint density at radius 1 is 1.42 bits per heavy atom. The van der Waals surface area contributed by atoms with E-state index >= 15 is 0 Å². The van der Waals surface area contributed by atoms with Gasteiger partial charge in [0.05, 0.1) is 25.0 Å². The molecule has 1 aliphatic heterocycles. The van der Waals surface area contributed by atoms with Crippen LogP contribution in [-0.2, 0) is 11.3 Å². The summed E-state index contributed by atoms with van der Waals surface area (Å²) in [6, 6.07) is 8.19. The van der Waals surface area contributed by atoms with Crippen molar-refractivity contribution in [1.29, 1.82) is 0 Å². The number of nitrogens with one attached hydrogen (secondary N) is 1. The van der Waals surface area contributed by atoms with Crippen molar-refractivity contribution >= 4 is 23.4 Å². The molecular formula is C18H24N4OS. The van der Waals surface area contributed by atoms with Crippen LogP contribution < -0.4 is 10.2 Å². The molecule has 0 radical (unpaired) electrons. The Kier molecular flexibility index (Phi) is 5.58. The molecule has 1 aromatic carbocycles. The van der Waals surface area contributed by atoms with Gasteiger partial charge in [-0.25, -0.2) is 0 Å². The monoisotopic (exact) mass is 344 g/mol. The maximum absolute atomic E-state index is 12.7. The van der Waals surface area contributed by atoms with Gasteiger partial charge in [-0.3, -0.25) is 9.48 Å². The zero-order valence-corrected chi connectivity index (χ0v) is 15.1. The number of carbonyl (C=O) groups excluding carboxylic acids is 1. The van der Waals surface area contributed by atoms with Crippen LogP contribution in [0.3, 0.4) is 0 Å². The summed E-state index contributed by atoms with van der Waals surface area (Å²) in [6.45, 7) is 6.88. The number of aryl methyl sites for hydroxylation is 1. The molecule has 5 nitrogen and oxygen atoms in total. The van der Waals surface area contributed by atoms with Crippen molar-refractivity contribution in [3.8, 4) is 0 Å². The molecule has 0 spiro atoms. The molecule has 24 heavy (non-hydrogen) atoms. The van der Waals surface area contributed by atoms with Gasteiger partial charge in [-0.1, -0.05) is 19.1 Å². The fourth-order valence-electron chi connectivity index (χ4n) is 2.82. The highest BCUT2D eigenvalue weighted by molar-refractivity contribution is 8.00. The molecule has 0 unspecified atom stereocenters. The molecule has 1 N–H and O–H groups in total. The SMILES string of the molecule is Cc1cnn(CCNCC(=O)N2CC[C@H](C)Sc3ccccc32)c1. The van der Waals surface area contributed by atoms with E-state index in [4.69, 9.17) is 0 Å². The first kappa shape index (κ1) is 17.0. The smallest absolute Gasteiger partial charge is 0.240 e. The van der Waals surface area contributed by atoms with Crippen LogP contribution in [0.5, 0.6) is 0 Å². The molecule has 1 aromatic heterocycles. The topological polar surface area (TPSA) is 50.2 Å². The first-order chi connectivity index (χ1) is 11.6. The number of rotatable bonds is 5. The number of amides is 1. The lowest BCUT2D eigenvalue weighted by molar-refractivity contribution is -0.117. The van der Waals surface area contributed by atoms with Crippen molar-refractivity contribution in [2.75, 3.05) is 24.5 Å². The number of fused-ring (bicyclic) bond motifs is 1. The minimum absolute atomic E-state index is 0.133. The third-order valence-corrected chi connectivity index (χ3v) is 5.34. The maximum Gasteiger partial charge on any atom is 0.240 e. The van der Waals surface area contributed by atoms with E-state index in [0.717, 1.165) is 37.3 Å². The number of benzene rings is 1. The third-order valence-electron chi connectivity index (χ3n) is 4.10. The van der Waals surface area contributed by atoms with E-state index < -0.39 is 0 Å². The van der Waals surface area contributed by atoms with E-state index in [9.17, 15) is 4.79 Å². The number of hydrogen-bond donors (Lipinski definition) is 1. The molecule has 1 atom stereocenters. The van der Waals surface area contributed by atoms with Crippen LogP contribution >= 0.6 is 11.8 Å². The lowest BCUT2D eigenvalue weighted by atomic mass is 10.2. The van der Waals surface area contributed by atoms with E-state index in [1.54, 1.807) is 0 Å². The van der Waals surface area contributed by atoms with Crippen molar-refractivity contribution in [3.63, 3.8) is 0 Å². The lowest BCUT2D eigenvalue weighted by Crippen LogP contribution is -2.39. The van der Waals surface area contributed by atoms with Crippen LogP contribution in [0.25, 0.3) is 0 Å². The molecule has 0 fully saturated rings. The number of para-hydroxylation sites is 1. The Bertz CT molecular complexity index is 700. The van der Waals surface area contributed by atoms with Crippen LogP contribution in [-0.4, -0.2) is 40.6 Å². The predicted octanol–water partition coefficient (Wildman–Crippen LogP) is 2.70. The molecule has 0 aliphatic carbocycles. The Balaban J connectivity index is 1.56. The molecule has 0 saturated carbocycles. The van der Waals surface area contributed by atoms with Gasteiger partial charge in [0.25, 0.3) is 0 Å². The van der Waals surface area contributed by atoms with Crippen molar-refractivity contribution in [2.45, 2.75) is 37.0 Å². The molecule has 128 valence electrons. The van der Waals surface area contributed by atoms with Gasteiger partial charge in [0.15, 0.2) is 0 Å². The highest BCUT2D eigenvalue weighted by atomic mass is 32.2. The molecule has 0 saturated heterocycles. The van der Waals surface area contributed by atoms with Gasteiger partial charge in [0.2, 0.25) is 5.91 Å². The Hall–Kier alpha value is -1.79. The zero-order valence-electron chi connectivity index (χ0n) is 14.2. The highest BCUT2D eigenvalue weighted by Gasteiger charge is 2.23. The standard InChI is InChI=1S/C18H24N4OS/c1-14-11-20-21(13-14)10-8-19-12-18(23)22-9-7-15(2)24-17-6-4-3-5-16(17)22/h3-6,11,13,15,19H,7-10,12H2,1-2H3/t15-/m0/s1. The molecule has 2 heterocycles. The predicted molar refractivity (Wildman–Crippen MR) is 98.6 cm³/mol. The highest BCUT2D eigenvalue weighted by Crippen LogP contribution is 2.37. The van der Waals surface area contributed by atoms with Gasteiger partial charge in [0, 0.05) is 29.4 Å². The van der Waals surface area contributed by atoms with Crippen LogP contribution in [0.1, 0.15) is 18.9 Å². The summed E-state index contributed by atoms with van der Waals surface area (Å²) in [4.78, 5) is 15.8. The average Bonchev–Trinajstić information content (AvgIpc) is 2.90. The van der Waals surface area contributed by atoms with Gasteiger partial charge in [-0.15, -0.1) is 11.8 Å². The first-order valence-corrected chi connectivity index (χ1v) is 9.27. The molecule has 1 aliphatic rings. The summed E-state index contributed by atoms with van der Waals surface area (Å²) < 4.78 is 1.90. The summed E-state index contributed by atoms with van der Waals surface area (Å²) in [6.07, 6.45) is 4.86. The molecule has 3 rings (SSSR count). The van der Waals surface area contributed by atoms with Crippen molar-refractivity contribution in [3.05, 3.63) is 42.2 Å². The van der Waals surface area contributed by atoms with Crippen LogP contribution in [0, 0.1) is 6.92 Å². The first-order valence-electron chi connectivity index (χ1n) is 8.39. The van der Waals surface area contributed by atoms with E-state index in [1.165, 1.54) is 4.90 Å². The fraction of sp³-hybridized carbons (Fsp3) is 0.444. The number of carbonyl (C=O) groups is 1. The number of anilines is 1. The quantitative estimate of drug-likeness (QED) is 0.848. The van der Waals surface area contributed by atoms with Gasteiger partial charge in [-0.2, -0.15) is 5.10 Å². The van der Waals surface area contributed by atoms with Gasteiger partial charge in [-0.05, 0) is 31.0 Å². The number of thioether (sulfide) groups is 1. The number of hydrogen-bond acceptors (Lipinski definition) is 4. The van der Waals surface area contributed by atoms with E-state index in [1.807, 2.05) is 58.9 Å². The summed E-state index contributed by atoms with van der Waals surface area (Å²) in [5, 5.41) is 8.02. The minimum atomic E-state index is 0.133. The van der Waals surface area contributed by atoms with Crippen LogP contribution in [0.15, 0.2) is 41.6 Å².